The molecule has 2 N–H and O–H groups in total. The normalized spacial score (nSPS) is 19.4. The number of carbonyl (C=O) groups excluding carboxylic acids is 2. The first-order chi connectivity index (χ1) is 18.2. The van der Waals surface area contributed by atoms with Gasteiger partial charge in [-0.3, -0.25) is 9.59 Å². The number of hydrogen-bond acceptors (Lipinski definition) is 7. The fraction of sp³-hybridized carbons (Fsp3) is 0.571. The Kier molecular flexibility index (Phi) is 16.0. The van der Waals surface area contributed by atoms with Gasteiger partial charge in [0.1, 0.15) is 5.50 Å². The molecule has 0 bridgehead atoms. The average molecular weight is 550 g/mol. The van der Waals surface area contributed by atoms with E-state index >= 15 is 0 Å². The number of nitrogens with zero attached hydrogens (tertiary/aromatic N) is 3. The summed E-state index contributed by atoms with van der Waals surface area (Å²) >= 11 is 6.20. The first-order valence-corrected chi connectivity index (χ1v) is 13.4. The van der Waals surface area contributed by atoms with Crippen molar-refractivity contribution in [1.82, 2.24) is 15.2 Å². The molecule has 1 saturated carbocycles. The predicted molar refractivity (Wildman–Crippen MR) is 155 cm³/mol. The van der Waals surface area contributed by atoms with E-state index in [1.54, 1.807) is 26.2 Å². The van der Waals surface area contributed by atoms with Gasteiger partial charge in [-0.15, -0.1) is 0 Å². The van der Waals surface area contributed by atoms with Gasteiger partial charge in [0.15, 0.2) is 5.84 Å². The first kappa shape index (κ1) is 33.1. The van der Waals surface area contributed by atoms with Gasteiger partial charge in [-0.2, -0.15) is 0 Å². The van der Waals surface area contributed by atoms with Gasteiger partial charge in [0.25, 0.3) is 5.91 Å². The summed E-state index contributed by atoms with van der Waals surface area (Å²) in [4.78, 5) is 32.9. The Labute approximate surface area is 232 Å². The highest BCUT2D eigenvalue weighted by Gasteiger charge is 2.33. The third-order valence-corrected chi connectivity index (χ3v) is 5.61. The van der Waals surface area contributed by atoms with E-state index in [9.17, 15) is 9.59 Å². The van der Waals surface area contributed by atoms with Gasteiger partial charge in [-0.25, -0.2) is 9.98 Å². The predicted octanol–water partition coefficient (Wildman–Crippen LogP) is 4.63. The van der Waals surface area contributed by atoms with Gasteiger partial charge in [0.2, 0.25) is 12.3 Å². The molecule has 38 heavy (non-hydrogen) atoms. The van der Waals surface area contributed by atoms with Gasteiger partial charge < -0.3 is 25.0 Å². The molecule has 9 nitrogen and oxygen atoms in total. The van der Waals surface area contributed by atoms with Crippen LogP contribution >= 0.6 is 11.6 Å². The number of allylic oxidation sites excluding steroid dienone is 2. The molecule has 2 heterocycles. The molecule has 2 aliphatic carbocycles. The maximum atomic E-state index is 12.6. The lowest BCUT2D eigenvalue weighted by atomic mass is 10.1. The number of methoxy groups -OCH3 is 2. The molecule has 2 atom stereocenters. The van der Waals surface area contributed by atoms with Crippen LogP contribution in [-0.2, 0) is 14.3 Å². The third-order valence-electron chi connectivity index (χ3n) is 5.37. The summed E-state index contributed by atoms with van der Waals surface area (Å²) in [6, 6.07) is 2.12. The topological polar surface area (TPSA) is 105 Å². The number of aliphatic imine (C=N–C) groups is 1. The van der Waals surface area contributed by atoms with E-state index in [1.165, 1.54) is 19.3 Å². The van der Waals surface area contributed by atoms with Crippen LogP contribution in [0.1, 0.15) is 50.8 Å². The third kappa shape index (κ3) is 12.1. The molecule has 0 radical (unpaired) electrons. The lowest BCUT2D eigenvalue weighted by Crippen LogP contribution is -2.47. The summed E-state index contributed by atoms with van der Waals surface area (Å²) in [5.41, 5.74) is 1.96. The molecule has 1 aromatic heterocycles. The van der Waals surface area contributed by atoms with Crippen LogP contribution in [0.25, 0.3) is 0 Å². The molecule has 2 amide bonds. The van der Waals surface area contributed by atoms with Gasteiger partial charge in [0.05, 0.1) is 31.1 Å². The van der Waals surface area contributed by atoms with Crippen molar-refractivity contribution in [2.75, 3.05) is 39.7 Å². The Morgan fingerprint density at radius 2 is 1.84 bits per heavy atom. The van der Waals surface area contributed by atoms with Crippen molar-refractivity contribution in [2.45, 2.75) is 64.9 Å². The molecule has 1 aliphatic heterocycles. The highest BCUT2D eigenvalue weighted by molar-refractivity contribution is 6.43. The second-order valence-electron chi connectivity index (χ2n) is 9.19. The molecule has 3 aliphatic rings. The molecular weight excluding hydrogens is 506 g/mol. The van der Waals surface area contributed by atoms with Crippen molar-refractivity contribution in [1.29, 1.82) is 0 Å². The minimum Gasteiger partial charge on any atom is -0.481 e. The summed E-state index contributed by atoms with van der Waals surface area (Å²) in [7, 11) is 4.84. The van der Waals surface area contributed by atoms with Crippen molar-refractivity contribution < 1.29 is 19.1 Å². The fourth-order valence-electron chi connectivity index (χ4n) is 3.44. The summed E-state index contributed by atoms with van der Waals surface area (Å²) in [5.74, 6) is 1.39. The van der Waals surface area contributed by atoms with Gasteiger partial charge in [-0.1, -0.05) is 56.2 Å². The highest BCUT2D eigenvalue weighted by atomic mass is 35.5. The number of nitrogens with one attached hydrogen (secondary N) is 2. The van der Waals surface area contributed by atoms with E-state index in [-0.39, 0.29) is 17.8 Å². The van der Waals surface area contributed by atoms with Crippen LogP contribution in [0, 0.1) is 19.8 Å². The van der Waals surface area contributed by atoms with E-state index < -0.39 is 5.50 Å². The smallest absolute Gasteiger partial charge is 0.289 e. The number of carbonyl (C=O) groups is 2. The number of aryl methyl sites for hydroxylation is 2. The molecule has 0 aromatic carbocycles. The van der Waals surface area contributed by atoms with Crippen LogP contribution in [0.3, 0.4) is 0 Å². The van der Waals surface area contributed by atoms with E-state index in [0.717, 1.165) is 36.3 Å². The van der Waals surface area contributed by atoms with E-state index in [1.807, 2.05) is 44.2 Å². The van der Waals surface area contributed by atoms with Crippen LogP contribution in [0.5, 0.6) is 5.88 Å². The minimum absolute atomic E-state index is 0.0957. The zero-order chi connectivity index (χ0) is 28.5. The van der Waals surface area contributed by atoms with Crippen molar-refractivity contribution in [3.63, 3.8) is 0 Å². The Hall–Kier alpha value is -2.91. The summed E-state index contributed by atoms with van der Waals surface area (Å²) in [6.45, 7) is 9.26. The van der Waals surface area contributed by atoms with Crippen LogP contribution in [0.15, 0.2) is 35.4 Å². The van der Waals surface area contributed by atoms with Crippen molar-refractivity contribution >= 4 is 35.4 Å². The monoisotopic (exact) mass is 549 g/mol. The number of ether oxygens (including phenoxy) is 2. The number of aromatic nitrogens is 1. The van der Waals surface area contributed by atoms with E-state index in [2.05, 4.69) is 39.2 Å². The van der Waals surface area contributed by atoms with Gasteiger partial charge >= 0.3 is 0 Å². The number of hydrogen-bond donors (Lipinski definition) is 2. The number of halogens is 1. The Morgan fingerprint density at radius 1 is 1.18 bits per heavy atom. The first-order valence-electron chi connectivity index (χ1n) is 13.0. The molecule has 1 aromatic rings. The number of amidine groups is 1. The summed E-state index contributed by atoms with van der Waals surface area (Å²) in [6.07, 6.45) is 13.2. The van der Waals surface area contributed by atoms with Crippen LogP contribution in [-0.4, -0.2) is 74.0 Å². The fourth-order valence-corrected chi connectivity index (χ4v) is 3.71. The van der Waals surface area contributed by atoms with Gasteiger partial charge in [0, 0.05) is 26.3 Å². The molecule has 0 saturated heterocycles. The van der Waals surface area contributed by atoms with Crippen molar-refractivity contribution in [2.24, 2.45) is 10.9 Å². The summed E-state index contributed by atoms with van der Waals surface area (Å²) < 4.78 is 9.46. The van der Waals surface area contributed by atoms with Crippen LogP contribution < -0.4 is 15.4 Å². The lowest BCUT2D eigenvalue weighted by Gasteiger charge is -2.29. The molecule has 212 valence electrons. The largest absolute Gasteiger partial charge is 0.481 e. The Balaban J connectivity index is 0.000000397. The van der Waals surface area contributed by atoms with Crippen LogP contribution in [0.4, 0.5) is 5.69 Å². The Bertz CT molecular complexity index is 959. The molecular formula is C28H44ClN5O4. The minimum atomic E-state index is -0.415. The number of rotatable bonds is 6. The quantitative estimate of drug-likeness (QED) is 0.304. The number of amides is 2. The summed E-state index contributed by atoms with van der Waals surface area (Å²) in [5, 5.41) is 5.77. The van der Waals surface area contributed by atoms with Crippen molar-refractivity contribution in [3.05, 3.63) is 41.6 Å². The number of anilines is 1. The maximum absolute atomic E-state index is 12.6. The molecule has 0 spiro atoms. The van der Waals surface area contributed by atoms with Crippen LogP contribution in [0.2, 0.25) is 0 Å². The maximum Gasteiger partial charge on any atom is 0.289 e. The standard InChI is InChI=1S/C16H21ClN4O2.C7H9NO.C3H8.C2H6O/c1-9-6-12(10(2)18-15(9)23-3)19-14-16(22)21(7-11-4-5-11)8-13(17)20-14;9-6-8-7-4-2-1-3-5-7;2*1-3-2/h6,11,13H,4-5,7-8H2,1-3H3,(H,19,20);1-4,6-7H,5H2,(H,8,9);3H2,1-2H3;1-2H3. The molecule has 4 rings (SSSR count). The second kappa shape index (κ2) is 18.4. The van der Waals surface area contributed by atoms with E-state index in [0.29, 0.717) is 18.3 Å². The zero-order valence-corrected chi connectivity index (χ0v) is 24.5. The molecule has 10 heteroatoms. The van der Waals surface area contributed by atoms with E-state index in [4.69, 9.17) is 16.3 Å². The second-order valence-corrected chi connectivity index (χ2v) is 9.70. The number of alkyl halides is 1. The zero-order valence-electron chi connectivity index (χ0n) is 23.8. The van der Waals surface area contributed by atoms with Crippen molar-refractivity contribution in [3.8, 4) is 5.88 Å². The Morgan fingerprint density at radius 3 is 2.37 bits per heavy atom. The molecule has 2 unspecified atom stereocenters. The lowest BCUT2D eigenvalue weighted by molar-refractivity contribution is -0.125. The highest BCUT2D eigenvalue weighted by Crippen LogP contribution is 2.31. The molecule has 1 fully saturated rings. The number of pyridine rings is 1. The SMILES string of the molecule is CCC.COC.COc1nc(C)c(NC2=NC(Cl)CN(CC3CC3)C2=O)cc1C.O=CNC1C=CC=CC1. The van der Waals surface area contributed by atoms with Gasteiger partial charge in [-0.05, 0) is 45.1 Å². The average Bonchev–Trinajstić information content (AvgIpc) is 3.70.